The standard InChI is InChI=1S/C17H15F3N6.C2HF3O2/c18-11-6-13(20)12(19)5-10(11)9-1-4-26(8-14(9)21)15-7-24-16-17(25-15)23-3-2-22-16;3-2(4,5)1(6)7/h2-3,5-7,9,14H,1,4,8,21H2;(H,6,7)/t9-,14+;/m1./s1. The number of aliphatic carboxylic acids is 1. The molecule has 1 aromatic carbocycles. The predicted molar refractivity (Wildman–Crippen MR) is 103 cm³/mol. The third-order valence-electron chi connectivity index (χ3n) is 4.85. The Morgan fingerprint density at radius 1 is 1.03 bits per heavy atom. The second-order valence-electron chi connectivity index (χ2n) is 7.03. The molecule has 1 aliphatic rings. The van der Waals surface area contributed by atoms with Gasteiger partial charge in [-0.25, -0.2) is 37.9 Å². The average molecular weight is 474 g/mol. The van der Waals surface area contributed by atoms with Crippen LogP contribution in [0, 0.1) is 17.5 Å². The van der Waals surface area contributed by atoms with Gasteiger partial charge in [-0.15, -0.1) is 0 Å². The number of nitrogens with two attached hydrogens (primary N) is 1. The van der Waals surface area contributed by atoms with Gasteiger partial charge in [-0.3, -0.25) is 0 Å². The topological polar surface area (TPSA) is 118 Å². The van der Waals surface area contributed by atoms with Crippen molar-refractivity contribution in [3.8, 4) is 0 Å². The van der Waals surface area contributed by atoms with Crippen LogP contribution in [0.2, 0.25) is 0 Å². The van der Waals surface area contributed by atoms with Crippen molar-refractivity contribution in [3.63, 3.8) is 0 Å². The summed E-state index contributed by atoms with van der Waals surface area (Å²) in [6, 6.07) is 0.996. The molecule has 2 aromatic heterocycles. The van der Waals surface area contributed by atoms with Gasteiger partial charge >= 0.3 is 12.1 Å². The van der Waals surface area contributed by atoms with Crippen LogP contribution in [0.25, 0.3) is 11.3 Å². The zero-order chi connectivity index (χ0) is 24.3. The predicted octanol–water partition coefficient (Wildman–Crippen LogP) is 2.79. The number of benzene rings is 1. The van der Waals surface area contributed by atoms with E-state index in [4.69, 9.17) is 15.6 Å². The first-order valence-corrected chi connectivity index (χ1v) is 9.36. The maximum atomic E-state index is 14.1. The Hall–Kier alpha value is -3.55. The van der Waals surface area contributed by atoms with Gasteiger partial charge < -0.3 is 15.7 Å². The fourth-order valence-corrected chi connectivity index (χ4v) is 3.30. The van der Waals surface area contributed by atoms with E-state index in [0.717, 1.165) is 6.07 Å². The molecule has 4 rings (SSSR count). The van der Waals surface area contributed by atoms with Crippen LogP contribution in [-0.4, -0.2) is 56.3 Å². The number of carboxylic acids is 1. The maximum absolute atomic E-state index is 14.1. The first-order chi connectivity index (χ1) is 15.5. The number of piperidine rings is 1. The molecule has 176 valence electrons. The number of nitrogens with zero attached hydrogens (tertiary/aromatic N) is 5. The Labute approximate surface area is 182 Å². The molecule has 3 N–H and O–H groups in total. The van der Waals surface area contributed by atoms with Gasteiger partial charge in [0, 0.05) is 43.5 Å². The molecule has 14 heteroatoms. The summed E-state index contributed by atoms with van der Waals surface area (Å²) in [6.07, 6.45) is 0.0463. The summed E-state index contributed by atoms with van der Waals surface area (Å²) in [5.41, 5.74) is 7.18. The van der Waals surface area contributed by atoms with E-state index in [-0.39, 0.29) is 5.56 Å². The summed E-state index contributed by atoms with van der Waals surface area (Å²) >= 11 is 0. The molecule has 3 heterocycles. The Bertz CT molecular complexity index is 1160. The summed E-state index contributed by atoms with van der Waals surface area (Å²) in [6.45, 7) is 0.904. The molecule has 0 amide bonds. The lowest BCUT2D eigenvalue weighted by Gasteiger charge is -2.37. The van der Waals surface area contributed by atoms with Gasteiger partial charge in [-0.05, 0) is 18.1 Å². The molecule has 1 aliphatic heterocycles. The van der Waals surface area contributed by atoms with Crippen molar-refractivity contribution >= 4 is 23.1 Å². The third-order valence-corrected chi connectivity index (χ3v) is 4.85. The number of rotatable bonds is 2. The largest absolute Gasteiger partial charge is 0.490 e. The summed E-state index contributed by atoms with van der Waals surface area (Å²) in [5, 5.41) is 7.12. The second-order valence-corrected chi connectivity index (χ2v) is 7.03. The van der Waals surface area contributed by atoms with Crippen LogP contribution in [0.15, 0.2) is 30.7 Å². The molecule has 0 aliphatic carbocycles. The number of hydrogen-bond acceptors (Lipinski definition) is 7. The molecule has 3 aromatic rings. The molecule has 0 radical (unpaired) electrons. The maximum Gasteiger partial charge on any atom is 0.490 e. The van der Waals surface area contributed by atoms with Gasteiger partial charge in [-0.1, -0.05) is 0 Å². The molecular formula is C19H16F6N6O2. The number of aromatic nitrogens is 4. The lowest BCUT2D eigenvalue weighted by atomic mass is 9.85. The average Bonchev–Trinajstić information content (AvgIpc) is 2.76. The molecule has 8 nitrogen and oxygen atoms in total. The number of carbonyl (C=O) groups is 1. The van der Waals surface area contributed by atoms with E-state index < -0.39 is 41.6 Å². The lowest BCUT2D eigenvalue weighted by molar-refractivity contribution is -0.192. The van der Waals surface area contributed by atoms with Crippen LogP contribution in [0.4, 0.5) is 32.2 Å². The fourth-order valence-electron chi connectivity index (χ4n) is 3.30. The highest BCUT2D eigenvalue weighted by atomic mass is 19.4. The van der Waals surface area contributed by atoms with E-state index in [0.29, 0.717) is 42.7 Å². The summed E-state index contributed by atoms with van der Waals surface area (Å²) in [5.74, 6) is -5.63. The van der Waals surface area contributed by atoms with E-state index in [9.17, 15) is 26.3 Å². The quantitative estimate of drug-likeness (QED) is 0.430. The number of carboxylic acid groups (broad SMARTS) is 1. The molecule has 0 saturated carbocycles. The van der Waals surface area contributed by atoms with Crippen LogP contribution in [-0.2, 0) is 4.79 Å². The van der Waals surface area contributed by atoms with Crippen LogP contribution in [0.3, 0.4) is 0 Å². The van der Waals surface area contributed by atoms with Gasteiger partial charge in [-0.2, -0.15) is 13.2 Å². The molecule has 2 atom stereocenters. The van der Waals surface area contributed by atoms with Crippen molar-refractivity contribution in [2.45, 2.75) is 24.6 Å². The van der Waals surface area contributed by atoms with Crippen LogP contribution < -0.4 is 10.6 Å². The number of halogens is 6. The van der Waals surface area contributed by atoms with Gasteiger partial charge in [0.1, 0.15) is 11.6 Å². The third kappa shape index (κ3) is 5.63. The number of alkyl halides is 3. The van der Waals surface area contributed by atoms with Crippen LogP contribution in [0.5, 0.6) is 0 Å². The summed E-state index contributed by atoms with van der Waals surface area (Å²) in [7, 11) is 0. The van der Waals surface area contributed by atoms with E-state index in [1.54, 1.807) is 6.20 Å². The van der Waals surface area contributed by atoms with E-state index in [1.165, 1.54) is 12.4 Å². The number of anilines is 1. The smallest absolute Gasteiger partial charge is 0.475 e. The second kappa shape index (κ2) is 9.52. The van der Waals surface area contributed by atoms with Crippen molar-refractivity contribution in [2.75, 3.05) is 18.0 Å². The van der Waals surface area contributed by atoms with E-state index in [2.05, 4.69) is 19.9 Å². The molecule has 0 bridgehead atoms. The van der Waals surface area contributed by atoms with Crippen LogP contribution >= 0.6 is 0 Å². The summed E-state index contributed by atoms with van der Waals surface area (Å²) in [4.78, 5) is 27.7. The van der Waals surface area contributed by atoms with Crippen molar-refractivity contribution in [3.05, 3.63) is 53.7 Å². The van der Waals surface area contributed by atoms with E-state index in [1.807, 2.05) is 4.90 Å². The van der Waals surface area contributed by atoms with Crippen molar-refractivity contribution in [2.24, 2.45) is 5.73 Å². The fraction of sp³-hybridized carbons (Fsp3) is 0.316. The Kier molecular flexibility index (Phi) is 6.95. The Balaban J connectivity index is 0.000000383. The van der Waals surface area contributed by atoms with Crippen LogP contribution in [0.1, 0.15) is 17.9 Å². The molecular weight excluding hydrogens is 458 g/mol. The first-order valence-electron chi connectivity index (χ1n) is 9.36. The first kappa shape index (κ1) is 24.1. The minimum absolute atomic E-state index is 0.103. The van der Waals surface area contributed by atoms with Gasteiger partial charge in [0.2, 0.25) is 0 Å². The molecule has 33 heavy (non-hydrogen) atoms. The lowest BCUT2D eigenvalue weighted by Crippen LogP contribution is -2.48. The normalized spacial score (nSPS) is 18.6. The molecule has 1 saturated heterocycles. The Morgan fingerprint density at radius 2 is 1.64 bits per heavy atom. The van der Waals surface area contributed by atoms with Gasteiger partial charge in [0.25, 0.3) is 0 Å². The van der Waals surface area contributed by atoms with E-state index >= 15 is 0 Å². The molecule has 1 fully saturated rings. The van der Waals surface area contributed by atoms with Gasteiger partial charge in [0.15, 0.2) is 22.9 Å². The summed E-state index contributed by atoms with van der Waals surface area (Å²) < 4.78 is 72.5. The zero-order valence-electron chi connectivity index (χ0n) is 16.6. The highest BCUT2D eigenvalue weighted by Crippen LogP contribution is 2.32. The van der Waals surface area contributed by atoms with Crippen molar-refractivity contribution in [1.82, 2.24) is 19.9 Å². The number of hydrogen-bond donors (Lipinski definition) is 2. The van der Waals surface area contributed by atoms with Gasteiger partial charge in [0.05, 0.1) is 6.20 Å². The SMILES string of the molecule is N[C@H]1CN(c2cnc3nccnc3n2)CC[C@@H]1c1cc(F)c(F)cc1F.O=C(O)C(F)(F)F. The zero-order valence-corrected chi connectivity index (χ0v) is 16.6. The molecule has 0 unspecified atom stereocenters. The Morgan fingerprint density at radius 3 is 2.24 bits per heavy atom. The minimum atomic E-state index is -5.08. The number of fused-ring (bicyclic) bond motifs is 1. The molecule has 0 spiro atoms. The monoisotopic (exact) mass is 474 g/mol. The minimum Gasteiger partial charge on any atom is -0.475 e. The van der Waals surface area contributed by atoms with Crippen molar-refractivity contribution in [1.29, 1.82) is 0 Å². The highest BCUT2D eigenvalue weighted by molar-refractivity contribution is 5.73. The van der Waals surface area contributed by atoms with Crippen molar-refractivity contribution < 1.29 is 36.2 Å². The highest BCUT2D eigenvalue weighted by Gasteiger charge is 2.38.